The number of amides is 2. The molecule has 1 saturated heterocycles. The molecule has 8 rings (SSSR count). The number of carbonyl (C=O) groups is 3. The summed E-state index contributed by atoms with van der Waals surface area (Å²) in [4.78, 5) is 52.7. The second-order valence-electron chi connectivity index (χ2n) is 11.2. The van der Waals surface area contributed by atoms with E-state index in [2.05, 4.69) is 39.5 Å². The molecule has 2 fully saturated rings. The number of fused-ring (bicyclic) bond motifs is 3. The molecule has 5 heterocycles. The van der Waals surface area contributed by atoms with Crippen LogP contribution in [-0.2, 0) is 10.2 Å². The third kappa shape index (κ3) is 3.32. The van der Waals surface area contributed by atoms with Gasteiger partial charge in [-0.1, -0.05) is 25.1 Å². The van der Waals surface area contributed by atoms with Crippen LogP contribution in [0.3, 0.4) is 0 Å². The van der Waals surface area contributed by atoms with Crippen molar-refractivity contribution in [3.63, 3.8) is 0 Å². The van der Waals surface area contributed by atoms with Crippen molar-refractivity contribution in [1.29, 1.82) is 0 Å². The first-order valence-electron chi connectivity index (χ1n) is 13.6. The molecule has 202 valence electrons. The lowest BCUT2D eigenvalue weighted by Crippen LogP contribution is -2.34. The highest BCUT2D eigenvalue weighted by atomic mass is 32.1. The molecule has 2 amide bonds. The Morgan fingerprint density at radius 1 is 1.24 bits per heavy atom. The van der Waals surface area contributed by atoms with Gasteiger partial charge in [0.2, 0.25) is 0 Å². The van der Waals surface area contributed by atoms with E-state index in [4.69, 9.17) is 0 Å². The number of pyridine rings is 1. The number of rotatable bonds is 4. The summed E-state index contributed by atoms with van der Waals surface area (Å²) in [6.07, 6.45) is 8.40. The summed E-state index contributed by atoms with van der Waals surface area (Å²) in [7, 11) is 0. The first-order valence-corrected chi connectivity index (χ1v) is 14.4. The summed E-state index contributed by atoms with van der Waals surface area (Å²) in [5.41, 5.74) is 6.21. The topological polar surface area (TPSA) is 111 Å². The number of hydrogen-bond donors (Lipinski definition) is 3. The molecular weight excluding hydrogens is 534 g/mol. The zero-order chi connectivity index (χ0) is 28.0. The molecule has 0 radical (unpaired) electrons. The van der Waals surface area contributed by atoms with Crippen LogP contribution < -0.4 is 5.32 Å². The van der Waals surface area contributed by atoms with E-state index in [0.717, 1.165) is 43.6 Å². The van der Waals surface area contributed by atoms with Crippen LogP contribution in [0.5, 0.6) is 0 Å². The monoisotopic (exact) mass is 559 g/mol. The van der Waals surface area contributed by atoms with Gasteiger partial charge >= 0.3 is 0 Å². The van der Waals surface area contributed by atoms with E-state index in [1.807, 2.05) is 36.4 Å². The normalized spacial score (nSPS) is 22.6. The van der Waals surface area contributed by atoms with Crippen LogP contribution in [0.15, 0.2) is 72.0 Å². The van der Waals surface area contributed by atoms with Gasteiger partial charge in [0.05, 0.1) is 16.8 Å². The van der Waals surface area contributed by atoms with E-state index < -0.39 is 0 Å². The number of piperidine rings is 1. The van der Waals surface area contributed by atoms with Gasteiger partial charge in [0, 0.05) is 57.9 Å². The number of ketones is 1. The molecule has 9 heteroatoms. The molecule has 1 spiro atoms. The molecule has 3 atom stereocenters. The molecule has 4 aromatic heterocycles. The lowest BCUT2D eigenvalue weighted by Gasteiger charge is -2.29. The van der Waals surface area contributed by atoms with Crippen molar-refractivity contribution in [2.24, 2.45) is 11.8 Å². The van der Waals surface area contributed by atoms with Crippen LogP contribution in [-0.4, -0.2) is 44.0 Å². The summed E-state index contributed by atoms with van der Waals surface area (Å²) < 4.78 is 0. The number of likely N-dealkylation sites (tertiary alicyclic amines) is 1. The van der Waals surface area contributed by atoms with Gasteiger partial charge in [-0.2, -0.15) is 0 Å². The maximum Gasteiger partial charge on any atom is 0.272 e. The standard InChI is InChI=1S/C32H25N5O3S/c1-16-15-41-29-25(38)11-26-32(28(16)29)17(2)22(32)14-37(26)27(39)8-7-19-12-33-30-21(19)10-20(13-34-30)35-31(40)24-9-18-5-3-4-6-23(18)36-24/h3-13,15,17,22,36H,14H2,1-2H3,(H,33,34)(H,35,40)/b8-7+/t17-,22+,32+/m0/s1. The van der Waals surface area contributed by atoms with Crippen molar-refractivity contribution >= 4 is 62.6 Å². The van der Waals surface area contributed by atoms with Crippen LogP contribution in [0.2, 0.25) is 0 Å². The Bertz CT molecular complexity index is 1990. The average molecular weight is 560 g/mol. The number of anilines is 1. The minimum absolute atomic E-state index is 0.00928. The number of thiophene rings is 1. The van der Waals surface area contributed by atoms with Gasteiger partial charge in [-0.15, -0.1) is 11.3 Å². The fourth-order valence-corrected chi connectivity index (χ4v) is 8.08. The van der Waals surface area contributed by atoms with Crippen molar-refractivity contribution in [2.45, 2.75) is 19.3 Å². The molecule has 3 N–H and O–H groups in total. The van der Waals surface area contributed by atoms with Gasteiger partial charge < -0.3 is 20.2 Å². The smallest absolute Gasteiger partial charge is 0.272 e. The zero-order valence-electron chi connectivity index (χ0n) is 22.3. The molecule has 3 aliphatic rings. The Morgan fingerprint density at radius 3 is 2.95 bits per heavy atom. The van der Waals surface area contributed by atoms with Gasteiger partial charge in [-0.3, -0.25) is 14.4 Å². The summed E-state index contributed by atoms with van der Waals surface area (Å²) >= 11 is 1.51. The maximum atomic E-state index is 13.5. The number of aryl methyl sites for hydroxylation is 1. The largest absolute Gasteiger partial charge is 0.351 e. The molecule has 41 heavy (non-hydrogen) atoms. The molecule has 8 nitrogen and oxygen atoms in total. The first kappa shape index (κ1) is 24.1. The van der Waals surface area contributed by atoms with Gasteiger partial charge in [-0.05, 0) is 59.5 Å². The third-order valence-corrected chi connectivity index (χ3v) is 10.2. The molecule has 2 aliphatic carbocycles. The minimum atomic E-state index is -0.264. The number of nitrogens with zero attached hydrogens (tertiary/aromatic N) is 2. The van der Waals surface area contributed by atoms with Gasteiger partial charge in [0.1, 0.15) is 11.3 Å². The summed E-state index contributed by atoms with van der Waals surface area (Å²) in [6.45, 7) is 4.90. The van der Waals surface area contributed by atoms with Crippen LogP contribution in [0, 0.1) is 18.8 Å². The molecular formula is C32H25N5O3S. The average Bonchev–Trinajstić information content (AvgIpc) is 3.55. The van der Waals surface area contributed by atoms with Crippen LogP contribution in [0.1, 0.15) is 43.8 Å². The summed E-state index contributed by atoms with van der Waals surface area (Å²) in [5.74, 6) is 0.307. The molecule has 5 aromatic rings. The number of nitrogens with one attached hydrogen (secondary N) is 3. The number of H-pyrrole nitrogens is 2. The Morgan fingerprint density at radius 2 is 2.10 bits per heavy atom. The van der Waals surface area contributed by atoms with Crippen molar-refractivity contribution in [2.75, 3.05) is 11.9 Å². The highest BCUT2D eigenvalue weighted by Gasteiger charge is 2.73. The summed E-state index contributed by atoms with van der Waals surface area (Å²) in [6, 6.07) is 11.4. The van der Waals surface area contributed by atoms with E-state index in [1.165, 1.54) is 11.3 Å². The van der Waals surface area contributed by atoms with Crippen molar-refractivity contribution in [3.05, 3.63) is 99.3 Å². The van der Waals surface area contributed by atoms with E-state index in [9.17, 15) is 14.4 Å². The Kier molecular flexibility index (Phi) is 4.92. The highest BCUT2D eigenvalue weighted by Crippen LogP contribution is 2.71. The van der Waals surface area contributed by atoms with Gasteiger partial charge in [-0.25, -0.2) is 4.98 Å². The number of aromatic amines is 2. The number of hydrogen-bond acceptors (Lipinski definition) is 5. The minimum Gasteiger partial charge on any atom is -0.351 e. The number of para-hydroxylation sites is 1. The first-order chi connectivity index (χ1) is 19.9. The van der Waals surface area contributed by atoms with E-state index in [-0.39, 0.29) is 23.0 Å². The highest BCUT2D eigenvalue weighted by molar-refractivity contribution is 7.12. The number of allylic oxidation sites excluding steroid dienone is 2. The third-order valence-electron chi connectivity index (χ3n) is 9.04. The second kappa shape index (κ2) is 8.37. The molecule has 1 aliphatic heterocycles. The van der Waals surface area contributed by atoms with E-state index in [1.54, 1.807) is 35.5 Å². The quantitative estimate of drug-likeness (QED) is 0.242. The van der Waals surface area contributed by atoms with Crippen LogP contribution >= 0.6 is 11.3 Å². The fraction of sp³-hybridized carbons (Fsp3) is 0.188. The molecule has 1 saturated carbocycles. The Balaban J connectivity index is 1.05. The van der Waals surface area contributed by atoms with Crippen molar-refractivity contribution in [3.8, 4) is 0 Å². The lowest BCUT2D eigenvalue weighted by atomic mass is 9.82. The lowest BCUT2D eigenvalue weighted by molar-refractivity contribution is -0.124. The van der Waals surface area contributed by atoms with Crippen molar-refractivity contribution < 1.29 is 14.4 Å². The predicted octanol–water partition coefficient (Wildman–Crippen LogP) is 5.81. The maximum absolute atomic E-state index is 13.5. The zero-order valence-corrected chi connectivity index (χ0v) is 23.1. The van der Waals surface area contributed by atoms with Crippen LogP contribution in [0.4, 0.5) is 5.69 Å². The van der Waals surface area contributed by atoms with Crippen molar-refractivity contribution in [1.82, 2.24) is 19.9 Å². The molecule has 1 aromatic carbocycles. The van der Waals surface area contributed by atoms with Gasteiger partial charge in [0.15, 0.2) is 5.78 Å². The predicted molar refractivity (Wildman–Crippen MR) is 159 cm³/mol. The molecule has 0 bridgehead atoms. The van der Waals surface area contributed by atoms with E-state index in [0.29, 0.717) is 35.4 Å². The van der Waals surface area contributed by atoms with E-state index >= 15 is 0 Å². The van der Waals surface area contributed by atoms with Gasteiger partial charge in [0.25, 0.3) is 11.8 Å². The summed E-state index contributed by atoms with van der Waals surface area (Å²) in [5, 5.41) is 6.71. The second-order valence-corrected chi connectivity index (χ2v) is 12.0. The SMILES string of the molecule is Cc1csc2c1[C@@]13C(=CC2=O)N(C(=O)/C=C/c2c[nH]c4ncc(NC(=O)c5cc6ccccc6[nH]5)cc24)C[C@@H]1[C@@H]3C. The Hall–Kier alpha value is -4.76. The molecule has 0 unspecified atom stereocenters. The van der Waals surface area contributed by atoms with Crippen LogP contribution in [0.25, 0.3) is 28.0 Å². The number of carbonyl (C=O) groups excluding carboxylic acids is 3. The Labute approximate surface area is 238 Å². The fourth-order valence-electron chi connectivity index (χ4n) is 7.05. The number of aromatic nitrogens is 3. The number of benzene rings is 1.